The van der Waals surface area contributed by atoms with Crippen LogP contribution in [-0.4, -0.2) is 76.9 Å². The van der Waals surface area contributed by atoms with Gasteiger partial charge in [-0.05, 0) is 79.4 Å². The molecule has 1 aliphatic carbocycles. The summed E-state index contributed by atoms with van der Waals surface area (Å²) in [7, 11) is 1.24. The van der Waals surface area contributed by atoms with Crippen LogP contribution in [0, 0.1) is 11.6 Å². The molecule has 5 rings (SSSR count). The normalized spacial score (nSPS) is 17.8. The Morgan fingerprint density at radius 3 is 2.49 bits per heavy atom. The molecule has 53 heavy (non-hydrogen) atoms. The molecular weight excluding hydrogens is 714 g/mol. The molecule has 1 saturated heterocycles. The number of amides is 2. The van der Waals surface area contributed by atoms with E-state index in [1.54, 1.807) is 41.5 Å². The third-order valence-electron chi connectivity index (χ3n) is 8.21. The standard InChI is InChI=1S/C36H46F2N6O8S/c1-18(45)50-24-13-11-20-27(24)39-16-22(29(20)44-15-9-10-19(17-44)40-33(47)51-35(2,3)4)41-30(46)28-32(43-34(48)52-36(5,6)7)53-31(42-28)25-21(37)12-14-23(49-8)26(25)38/h12,14,16,19,24,34,43,48H,9-11,13,15,17H2,1-8H3,(H,40,47)(H,41,46)/t19-,24?,34?/m0/s1. The van der Waals surface area contributed by atoms with Crippen molar-refractivity contribution in [1.29, 1.82) is 0 Å². The summed E-state index contributed by atoms with van der Waals surface area (Å²) in [6, 6.07) is 1.88. The second-order valence-electron chi connectivity index (χ2n) is 14.8. The second-order valence-corrected chi connectivity index (χ2v) is 15.8. The minimum absolute atomic E-state index is 0.0268. The van der Waals surface area contributed by atoms with Gasteiger partial charge in [0.1, 0.15) is 27.5 Å². The number of hydrogen-bond acceptors (Lipinski definition) is 13. The summed E-state index contributed by atoms with van der Waals surface area (Å²) >= 11 is 0.736. The second kappa shape index (κ2) is 15.8. The van der Waals surface area contributed by atoms with Crippen molar-refractivity contribution in [1.82, 2.24) is 15.3 Å². The number of ether oxygens (including phenoxy) is 4. The highest BCUT2D eigenvalue weighted by Crippen LogP contribution is 2.44. The van der Waals surface area contributed by atoms with E-state index >= 15 is 8.78 Å². The molecule has 2 aliphatic rings. The maximum absolute atomic E-state index is 15.4. The molecule has 0 bridgehead atoms. The number of aliphatic hydroxyl groups is 1. The summed E-state index contributed by atoms with van der Waals surface area (Å²) in [6.07, 6.45) is 1.06. The maximum Gasteiger partial charge on any atom is 0.407 e. The fraction of sp³-hybridized carbons (Fsp3) is 0.528. The van der Waals surface area contributed by atoms with Crippen LogP contribution in [0.5, 0.6) is 5.75 Å². The number of esters is 1. The molecule has 3 atom stereocenters. The molecule has 1 fully saturated rings. The van der Waals surface area contributed by atoms with E-state index in [0.29, 0.717) is 55.8 Å². The van der Waals surface area contributed by atoms with Gasteiger partial charge < -0.3 is 44.9 Å². The molecule has 0 spiro atoms. The van der Waals surface area contributed by atoms with Gasteiger partial charge >= 0.3 is 12.1 Å². The van der Waals surface area contributed by atoms with E-state index in [0.717, 1.165) is 29.0 Å². The number of rotatable bonds is 10. The average molecular weight is 761 g/mol. The third kappa shape index (κ3) is 9.69. The maximum atomic E-state index is 15.4. The number of carbonyl (C=O) groups is 3. The minimum atomic E-state index is -1.62. The molecule has 4 N–H and O–H groups in total. The number of hydrogen-bond donors (Lipinski definition) is 4. The lowest BCUT2D eigenvalue weighted by molar-refractivity contribution is -0.148. The van der Waals surface area contributed by atoms with Crippen molar-refractivity contribution < 1.29 is 47.2 Å². The number of anilines is 3. The predicted molar refractivity (Wildman–Crippen MR) is 194 cm³/mol. The summed E-state index contributed by atoms with van der Waals surface area (Å²) < 4.78 is 52.2. The highest BCUT2D eigenvalue weighted by molar-refractivity contribution is 7.19. The van der Waals surface area contributed by atoms with E-state index in [9.17, 15) is 19.5 Å². The number of aromatic nitrogens is 2. The quantitative estimate of drug-likeness (QED) is 0.135. The summed E-state index contributed by atoms with van der Waals surface area (Å²) in [5, 5.41) is 19.0. The van der Waals surface area contributed by atoms with E-state index < -0.39 is 58.9 Å². The van der Waals surface area contributed by atoms with Gasteiger partial charge in [0.15, 0.2) is 17.3 Å². The van der Waals surface area contributed by atoms with Crippen LogP contribution in [0.1, 0.15) is 95.6 Å². The Morgan fingerprint density at radius 1 is 1.09 bits per heavy atom. The number of halogens is 2. The van der Waals surface area contributed by atoms with Gasteiger partial charge in [-0.25, -0.2) is 18.6 Å². The van der Waals surface area contributed by atoms with Crippen LogP contribution < -0.4 is 25.6 Å². The largest absolute Gasteiger partial charge is 0.494 e. The molecule has 2 aromatic heterocycles. The van der Waals surface area contributed by atoms with Gasteiger partial charge in [0.25, 0.3) is 5.91 Å². The Balaban J connectivity index is 1.54. The molecule has 2 unspecified atom stereocenters. The molecule has 3 aromatic rings. The Morgan fingerprint density at radius 2 is 1.83 bits per heavy atom. The Bertz CT molecular complexity index is 1860. The lowest BCUT2D eigenvalue weighted by atomic mass is 10.0. The van der Waals surface area contributed by atoms with Crippen LogP contribution in [0.3, 0.4) is 0 Å². The van der Waals surface area contributed by atoms with E-state index in [2.05, 4.69) is 25.9 Å². The number of benzene rings is 1. The molecule has 1 aromatic carbocycles. The van der Waals surface area contributed by atoms with Crippen LogP contribution in [0.4, 0.5) is 30.0 Å². The van der Waals surface area contributed by atoms with E-state index in [1.807, 2.05) is 4.90 Å². The van der Waals surface area contributed by atoms with E-state index in [1.165, 1.54) is 20.2 Å². The van der Waals surface area contributed by atoms with Crippen molar-refractivity contribution in [2.24, 2.45) is 0 Å². The first-order valence-electron chi connectivity index (χ1n) is 17.2. The van der Waals surface area contributed by atoms with Gasteiger partial charge in [-0.3, -0.25) is 14.6 Å². The third-order valence-corrected chi connectivity index (χ3v) is 9.21. The van der Waals surface area contributed by atoms with Crippen molar-refractivity contribution in [3.05, 3.63) is 46.9 Å². The van der Waals surface area contributed by atoms with Gasteiger partial charge in [-0.1, -0.05) is 11.3 Å². The molecule has 14 nitrogen and oxygen atoms in total. The number of thiazole rings is 1. The molecular formula is C36H46F2N6O8S. The number of piperidine rings is 1. The molecule has 0 radical (unpaired) electrons. The number of methoxy groups -OCH3 is 1. The minimum Gasteiger partial charge on any atom is -0.494 e. The van der Waals surface area contributed by atoms with Crippen LogP contribution in [0.15, 0.2) is 18.3 Å². The first-order chi connectivity index (χ1) is 24.8. The molecule has 0 saturated carbocycles. The Kier molecular flexibility index (Phi) is 11.8. The van der Waals surface area contributed by atoms with Gasteiger partial charge in [-0.2, -0.15) is 0 Å². The zero-order valence-electron chi connectivity index (χ0n) is 31.0. The molecule has 2 amide bonds. The van der Waals surface area contributed by atoms with Crippen LogP contribution >= 0.6 is 11.3 Å². The number of fused-ring (bicyclic) bond motifs is 1. The Labute approximate surface area is 310 Å². The van der Waals surface area contributed by atoms with Crippen LogP contribution in [0.25, 0.3) is 10.6 Å². The first kappa shape index (κ1) is 39.6. The fourth-order valence-electron chi connectivity index (χ4n) is 6.26. The van der Waals surface area contributed by atoms with E-state index in [4.69, 9.17) is 18.9 Å². The Hall–Kier alpha value is -4.61. The monoisotopic (exact) mass is 760 g/mol. The summed E-state index contributed by atoms with van der Waals surface area (Å²) in [6.45, 7) is 12.8. The topological polar surface area (TPSA) is 173 Å². The molecule has 1 aliphatic heterocycles. The smallest absolute Gasteiger partial charge is 0.407 e. The van der Waals surface area contributed by atoms with Crippen LogP contribution in [-0.2, 0) is 25.4 Å². The number of nitrogens with one attached hydrogen (secondary N) is 3. The SMILES string of the molecule is COc1ccc(F)c(-c2nc(C(=O)Nc3cnc4c(c3N3CCC[C@H](NC(=O)OC(C)(C)C)C3)CCC4OC(C)=O)c(NC(O)OC(C)(C)C)s2)c1F. The molecule has 17 heteroatoms. The molecule has 288 valence electrons. The van der Waals surface area contributed by atoms with Gasteiger partial charge in [0, 0.05) is 31.6 Å². The van der Waals surface area contributed by atoms with Gasteiger partial charge in [0.05, 0.1) is 41.5 Å². The zero-order valence-corrected chi connectivity index (χ0v) is 31.8. The van der Waals surface area contributed by atoms with Gasteiger partial charge in [-0.15, -0.1) is 0 Å². The van der Waals surface area contributed by atoms with Crippen molar-refractivity contribution in [2.75, 3.05) is 35.7 Å². The summed E-state index contributed by atoms with van der Waals surface area (Å²) in [5.74, 6) is -3.41. The first-order valence-corrected chi connectivity index (χ1v) is 18.1. The van der Waals surface area contributed by atoms with Crippen molar-refractivity contribution in [2.45, 2.75) is 104 Å². The summed E-state index contributed by atoms with van der Waals surface area (Å²) in [5.41, 5.74) is -0.0473. The highest BCUT2D eigenvalue weighted by Gasteiger charge is 2.35. The van der Waals surface area contributed by atoms with Gasteiger partial charge in [0.2, 0.25) is 6.41 Å². The van der Waals surface area contributed by atoms with Crippen molar-refractivity contribution in [3.63, 3.8) is 0 Å². The number of carbonyl (C=O) groups excluding carboxylic acids is 3. The molecule has 3 heterocycles. The summed E-state index contributed by atoms with van der Waals surface area (Å²) in [4.78, 5) is 49.8. The fourth-order valence-corrected chi connectivity index (χ4v) is 7.27. The van der Waals surface area contributed by atoms with Crippen LogP contribution in [0.2, 0.25) is 0 Å². The number of alkyl carbamates (subject to hydrolysis) is 1. The zero-order chi connectivity index (χ0) is 38.8. The van der Waals surface area contributed by atoms with Crippen molar-refractivity contribution >= 4 is 45.7 Å². The predicted octanol–water partition coefficient (Wildman–Crippen LogP) is 6.29. The number of nitrogens with zero attached hydrogens (tertiary/aromatic N) is 3. The number of aliphatic hydroxyl groups excluding tert-OH is 1. The lowest BCUT2D eigenvalue weighted by Gasteiger charge is -2.37. The lowest BCUT2D eigenvalue weighted by Crippen LogP contribution is -2.49. The average Bonchev–Trinajstić information content (AvgIpc) is 3.63. The van der Waals surface area contributed by atoms with Crippen molar-refractivity contribution in [3.8, 4) is 16.3 Å². The number of pyridine rings is 1. The van der Waals surface area contributed by atoms with E-state index in [-0.39, 0.29) is 27.5 Å². The highest BCUT2D eigenvalue weighted by atomic mass is 32.1.